The second-order valence-corrected chi connectivity index (χ2v) is 4.24. The Morgan fingerprint density at radius 3 is 2.57 bits per heavy atom. The minimum Gasteiger partial charge on any atom is -0.324 e. The van der Waals surface area contributed by atoms with Gasteiger partial charge in [-0.3, -0.25) is 0 Å². The van der Waals surface area contributed by atoms with Crippen LogP contribution in [0.4, 0.5) is 0 Å². The molecule has 1 nitrogen and oxygen atoms in total. The van der Waals surface area contributed by atoms with Crippen molar-refractivity contribution >= 4 is 23.2 Å². The van der Waals surface area contributed by atoms with Crippen molar-refractivity contribution in [2.75, 3.05) is 0 Å². The molecule has 14 heavy (non-hydrogen) atoms. The Kier molecular flexibility index (Phi) is 4.73. The summed E-state index contributed by atoms with van der Waals surface area (Å²) in [4.78, 5) is 0. The number of unbranched alkanes of at least 4 members (excludes halogenated alkanes) is 1. The summed E-state index contributed by atoms with van der Waals surface area (Å²) in [6, 6.07) is 5.66. The number of rotatable bonds is 4. The van der Waals surface area contributed by atoms with Crippen molar-refractivity contribution in [1.82, 2.24) is 0 Å². The molecule has 0 saturated heterocycles. The van der Waals surface area contributed by atoms with Gasteiger partial charge in [-0.05, 0) is 24.1 Å². The SMILES string of the molecule is CCCC[C@@H](N)c1ccc(Cl)c(Cl)c1. The van der Waals surface area contributed by atoms with Crippen LogP contribution in [0.3, 0.4) is 0 Å². The third kappa shape index (κ3) is 3.16. The molecule has 1 atom stereocenters. The molecule has 1 aromatic rings. The van der Waals surface area contributed by atoms with Crippen LogP contribution in [-0.4, -0.2) is 0 Å². The van der Waals surface area contributed by atoms with Crippen LogP contribution in [0.5, 0.6) is 0 Å². The normalized spacial score (nSPS) is 12.9. The topological polar surface area (TPSA) is 26.0 Å². The molecule has 0 fully saturated rings. The van der Waals surface area contributed by atoms with E-state index in [-0.39, 0.29) is 6.04 Å². The van der Waals surface area contributed by atoms with Crippen molar-refractivity contribution in [3.8, 4) is 0 Å². The lowest BCUT2D eigenvalue weighted by molar-refractivity contribution is 0.603. The first kappa shape index (κ1) is 11.8. The molecule has 0 aromatic heterocycles. The lowest BCUT2D eigenvalue weighted by Gasteiger charge is -2.11. The van der Waals surface area contributed by atoms with Gasteiger partial charge < -0.3 is 5.73 Å². The van der Waals surface area contributed by atoms with Crippen LogP contribution in [0, 0.1) is 0 Å². The van der Waals surface area contributed by atoms with Gasteiger partial charge in [-0.1, -0.05) is 49.0 Å². The first-order valence-electron chi connectivity index (χ1n) is 4.85. The summed E-state index contributed by atoms with van der Waals surface area (Å²) >= 11 is 11.7. The van der Waals surface area contributed by atoms with Crippen molar-refractivity contribution in [2.24, 2.45) is 5.73 Å². The fourth-order valence-electron chi connectivity index (χ4n) is 1.33. The molecule has 1 aromatic carbocycles. The average molecular weight is 232 g/mol. The number of hydrogen-bond acceptors (Lipinski definition) is 1. The highest BCUT2D eigenvalue weighted by Crippen LogP contribution is 2.26. The van der Waals surface area contributed by atoms with Crippen molar-refractivity contribution in [1.29, 1.82) is 0 Å². The van der Waals surface area contributed by atoms with Gasteiger partial charge in [0.05, 0.1) is 10.0 Å². The molecule has 0 unspecified atom stereocenters. The third-order valence-corrected chi connectivity index (χ3v) is 2.98. The minimum absolute atomic E-state index is 0.0738. The summed E-state index contributed by atoms with van der Waals surface area (Å²) in [7, 11) is 0. The maximum Gasteiger partial charge on any atom is 0.0595 e. The molecule has 0 spiro atoms. The van der Waals surface area contributed by atoms with Crippen molar-refractivity contribution < 1.29 is 0 Å². The molecular weight excluding hydrogens is 217 g/mol. The van der Waals surface area contributed by atoms with E-state index in [1.54, 1.807) is 6.07 Å². The van der Waals surface area contributed by atoms with Gasteiger partial charge in [-0.2, -0.15) is 0 Å². The predicted molar refractivity (Wildman–Crippen MR) is 62.9 cm³/mol. The summed E-state index contributed by atoms with van der Waals surface area (Å²) in [6.07, 6.45) is 3.30. The van der Waals surface area contributed by atoms with Gasteiger partial charge >= 0.3 is 0 Å². The number of nitrogens with two attached hydrogens (primary N) is 1. The van der Waals surface area contributed by atoms with Crippen LogP contribution in [0.15, 0.2) is 18.2 Å². The summed E-state index contributed by atoms with van der Waals surface area (Å²) < 4.78 is 0. The van der Waals surface area contributed by atoms with E-state index in [0.717, 1.165) is 24.8 Å². The Morgan fingerprint density at radius 1 is 1.29 bits per heavy atom. The van der Waals surface area contributed by atoms with E-state index in [1.165, 1.54) is 0 Å². The van der Waals surface area contributed by atoms with Crippen LogP contribution >= 0.6 is 23.2 Å². The van der Waals surface area contributed by atoms with Gasteiger partial charge in [-0.15, -0.1) is 0 Å². The molecule has 0 amide bonds. The summed E-state index contributed by atoms with van der Waals surface area (Å²) in [6.45, 7) is 2.15. The molecule has 0 aliphatic rings. The molecule has 3 heteroatoms. The Hall–Kier alpha value is -0.240. The molecule has 1 rings (SSSR count). The Morgan fingerprint density at radius 2 is 2.00 bits per heavy atom. The van der Waals surface area contributed by atoms with Crippen LogP contribution in [-0.2, 0) is 0 Å². The lowest BCUT2D eigenvalue weighted by Crippen LogP contribution is -2.09. The summed E-state index contributed by atoms with van der Waals surface area (Å²) in [5.41, 5.74) is 7.06. The third-order valence-electron chi connectivity index (χ3n) is 2.24. The molecule has 2 N–H and O–H groups in total. The maximum absolute atomic E-state index is 6.00. The number of halogens is 2. The van der Waals surface area contributed by atoms with E-state index in [2.05, 4.69) is 6.92 Å². The van der Waals surface area contributed by atoms with E-state index in [0.29, 0.717) is 10.0 Å². The van der Waals surface area contributed by atoms with Crippen LogP contribution in [0.1, 0.15) is 37.8 Å². The molecule has 0 saturated carbocycles. The van der Waals surface area contributed by atoms with Crippen molar-refractivity contribution in [2.45, 2.75) is 32.2 Å². The highest BCUT2D eigenvalue weighted by atomic mass is 35.5. The Balaban J connectivity index is 2.70. The van der Waals surface area contributed by atoms with E-state index in [4.69, 9.17) is 28.9 Å². The van der Waals surface area contributed by atoms with Gasteiger partial charge in [0.25, 0.3) is 0 Å². The molecule has 78 valence electrons. The van der Waals surface area contributed by atoms with Crippen molar-refractivity contribution in [3.05, 3.63) is 33.8 Å². The fraction of sp³-hybridized carbons (Fsp3) is 0.455. The zero-order valence-electron chi connectivity index (χ0n) is 8.26. The lowest BCUT2D eigenvalue weighted by atomic mass is 10.0. The van der Waals surface area contributed by atoms with Crippen LogP contribution in [0.25, 0.3) is 0 Å². The maximum atomic E-state index is 6.00. The van der Waals surface area contributed by atoms with E-state index in [1.807, 2.05) is 12.1 Å². The van der Waals surface area contributed by atoms with E-state index >= 15 is 0 Å². The second-order valence-electron chi connectivity index (χ2n) is 3.42. The van der Waals surface area contributed by atoms with Gasteiger partial charge in [0.15, 0.2) is 0 Å². The van der Waals surface area contributed by atoms with Crippen LogP contribution in [0.2, 0.25) is 10.0 Å². The minimum atomic E-state index is 0.0738. The highest BCUT2D eigenvalue weighted by Gasteiger charge is 2.07. The largest absolute Gasteiger partial charge is 0.324 e. The second kappa shape index (κ2) is 5.59. The van der Waals surface area contributed by atoms with E-state index in [9.17, 15) is 0 Å². The molecular formula is C11H15Cl2N. The predicted octanol–water partition coefficient (Wildman–Crippen LogP) is 4.18. The average Bonchev–Trinajstić information content (AvgIpc) is 2.18. The Bertz CT molecular complexity index is 299. The standard InChI is InChI=1S/C11H15Cl2N/c1-2-3-4-11(14)8-5-6-9(12)10(13)7-8/h5-7,11H,2-4,14H2,1H3/t11-/m1/s1. The van der Waals surface area contributed by atoms with Gasteiger partial charge in [0.1, 0.15) is 0 Å². The fourth-order valence-corrected chi connectivity index (χ4v) is 1.64. The summed E-state index contributed by atoms with van der Waals surface area (Å²) in [5.74, 6) is 0. The molecule has 0 bridgehead atoms. The van der Waals surface area contributed by atoms with Gasteiger partial charge in [0, 0.05) is 6.04 Å². The number of benzene rings is 1. The first-order valence-corrected chi connectivity index (χ1v) is 5.61. The van der Waals surface area contributed by atoms with Gasteiger partial charge in [0.2, 0.25) is 0 Å². The zero-order chi connectivity index (χ0) is 10.6. The van der Waals surface area contributed by atoms with Gasteiger partial charge in [-0.25, -0.2) is 0 Å². The first-order chi connectivity index (χ1) is 6.65. The Labute approximate surface area is 95.2 Å². The molecule has 0 aliphatic carbocycles. The monoisotopic (exact) mass is 231 g/mol. The quantitative estimate of drug-likeness (QED) is 0.827. The highest BCUT2D eigenvalue weighted by molar-refractivity contribution is 6.42. The molecule has 0 radical (unpaired) electrons. The zero-order valence-corrected chi connectivity index (χ0v) is 9.78. The van der Waals surface area contributed by atoms with Crippen molar-refractivity contribution in [3.63, 3.8) is 0 Å². The van der Waals surface area contributed by atoms with Crippen LogP contribution < -0.4 is 5.73 Å². The summed E-state index contributed by atoms with van der Waals surface area (Å²) in [5, 5.41) is 1.16. The molecule has 0 aliphatic heterocycles. The smallest absolute Gasteiger partial charge is 0.0595 e. The molecule has 0 heterocycles. The number of hydrogen-bond donors (Lipinski definition) is 1. The van der Waals surface area contributed by atoms with E-state index < -0.39 is 0 Å².